The minimum absolute atomic E-state index is 0.119. The fourth-order valence-corrected chi connectivity index (χ4v) is 8.36. The smallest absolute Gasteiger partial charge is 0.376 e. The van der Waals surface area contributed by atoms with Gasteiger partial charge in [-0.3, -0.25) is 14.3 Å². The van der Waals surface area contributed by atoms with Crippen LogP contribution in [0.1, 0.15) is 112 Å². The number of pyridine rings is 1. The Labute approximate surface area is 231 Å². The van der Waals surface area contributed by atoms with Gasteiger partial charge < -0.3 is 13.8 Å². The van der Waals surface area contributed by atoms with E-state index in [1.807, 2.05) is 19.9 Å². The summed E-state index contributed by atoms with van der Waals surface area (Å²) in [5.41, 5.74) is 0.556. The van der Waals surface area contributed by atoms with Crippen molar-refractivity contribution < 1.29 is 23.1 Å². The van der Waals surface area contributed by atoms with E-state index in [1.54, 1.807) is 18.5 Å². The van der Waals surface area contributed by atoms with Crippen LogP contribution in [0, 0.1) is 41.4 Å². The van der Waals surface area contributed by atoms with Crippen molar-refractivity contribution in [3.8, 4) is 0 Å². The topological polar surface area (TPSA) is 74.7 Å². The van der Waals surface area contributed by atoms with Crippen LogP contribution in [0.4, 0.5) is 0 Å². The lowest BCUT2D eigenvalue weighted by atomic mass is 9.76. The third-order valence-corrected chi connectivity index (χ3v) is 11.0. The Hall–Kier alpha value is -1.23. The molecular formula is C31H52NO5P. The third-order valence-electron chi connectivity index (χ3n) is 8.85. The molecule has 1 aromatic rings. The first-order valence-electron chi connectivity index (χ1n) is 15.0. The van der Waals surface area contributed by atoms with Gasteiger partial charge >= 0.3 is 13.6 Å². The molecule has 38 heavy (non-hydrogen) atoms. The Bertz CT molecular complexity index is 882. The van der Waals surface area contributed by atoms with E-state index < -0.39 is 19.4 Å². The van der Waals surface area contributed by atoms with Gasteiger partial charge in [-0.05, 0) is 86.0 Å². The maximum Gasteiger partial charge on any atom is 0.376 e. The molecule has 216 valence electrons. The van der Waals surface area contributed by atoms with E-state index in [0.29, 0.717) is 29.2 Å². The number of hydrogen-bond acceptors (Lipinski definition) is 6. The predicted octanol–water partition coefficient (Wildman–Crippen LogP) is 8.82. The van der Waals surface area contributed by atoms with Gasteiger partial charge in [0.1, 0.15) is 0 Å². The van der Waals surface area contributed by atoms with E-state index in [4.69, 9.17) is 13.8 Å². The van der Waals surface area contributed by atoms with Crippen LogP contribution in [0.5, 0.6) is 0 Å². The normalized spacial score (nSPS) is 29.6. The Morgan fingerprint density at radius 2 is 1.45 bits per heavy atom. The zero-order chi connectivity index (χ0) is 28.0. The van der Waals surface area contributed by atoms with Crippen LogP contribution in [0.2, 0.25) is 0 Å². The average Bonchev–Trinajstić information content (AvgIpc) is 2.85. The van der Waals surface area contributed by atoms with Crippen molar-refractivity contribution in [1.82, 2.24) is 4.98 Å². The summed E-state index contributed by atoms with van der Waals surface area (Å²) in [7, 11) is -3.96. The monoisotopic (exact) mass is 549 g/mol. The molecule has 2 aliphatic rings. The number of carbonyl (C=O) groups excluding carboxylic acids is 1. The van der Waals surface area contributed by atoms with Gasteiger partial charge in [-0.2, -0.15) is 0 Å². The van der Waals surface area contributed by atoms with Crippen molar-refractivity contribution >= 4 is 13.6 Å². The average molecular weight is 550 g/mol. The number of carbonyl (C=O) groups is 1. The maximum absolute atomic E-state index is 15.2. The maximum atomic E-state index is 15.2. The van der Waals surface area contributed by atoms with Gasteiger partial charge in [0.15, 0.2) is 0 Å². The fourth-order valence-electron chi connectivity index (χ4n) is 5.98. The molecule has 0 bridgehead atoms. The summed E-state index contributed by atoms with van der Waals surface area (Å²) in [6, 6.07) is 3.58. The van der Waals surface area contributed by atoms with Gasteiger partial charge in [0.2, 0.25) is 5.85 Å². The number of ether oxygens (including phenoxy) is 1. The molecule has 7 atom stereocenters. The lowest BCUT2D eigenvalue weighted by Gasteiger charge is -2.42. The molecule has 6 nitrogen and oxygen atoms in total. The highest BCUT2D eigenvalue weighted by atomic mass is 31.2. The number of hydrogen-bond donors (Lipinski definition) is 0. The standard InChI is InChI=1S/C31H52NO5P/c1-20(2)16-30(33)35-31(27-10-9-15-32-19-27)38(34,36-28-17-25(21(3)4)13-11-23(28)7)37-29-18-26(22(5)6)14-12-24(29)8/h9-10,15,19-26,28-29,31H,11-14,16-18H2,1-8H3/t23-,24-,25+,26+,28+,29+,31-/m0/s1. The SMILES string of the molecule is CC(C)CC(=O)O[C@H](c1cccnc1)P(=O)(O[C@@H]1C[C@H](C(C)C)CC[C@@H]1C)O[C@@H]1C[C@H](C(C)C)CC[C@@H]1C. The van der Waals surface area contributed by atoms with Gasteiger partial charge in [-0.15, -0.1) is 0 Å². The quantitative estimate of drug-likeness (QED) is 0.203. The van der Waals surface area contributed by atoms with Crippen LogP contribution in [-0.2, 0) is 23.1 Å². The number of rotatable bonds is 11. The summed E-state index contributed by atoms with van der Waals surface area (Å²) in [5.74, 6) is 1.14. The Morgan fingerprint density at radius 1 is 0.921 bits per heavy atom. The first kappa shape index (κ1) is 31.3. The second kappa shape index (κ2) is 13.9. The largest absolute Gasteiger partial charge is 0.444 e. The highest BCUT2D eigenvalue weighted by Crippen LogP contribution is 2.65. The van der Waals surface area contributed by atoms with E-state index in [-0.39, 0.29) is 36.4 Å². The van der Waals surface area contributed by atoms with E-state index >= 15 is 4.57 Å². The molecule has 0 saturated heterocycles. The molecule has 0 aliphatic heterocycles. The molecule has 1 heterocycles. The summed E-state index contributed by atoms with van der Waals surface area (Å²) in [6.45, 7) is 17.3. The van der Waals surface area contributed by atoms with E-state index in [9.17, 15) is 4.79 Å². The van der Waals surface area contributed by atoms with Crippen LogP contribution >= 0.6 is 7.60 Å². The zero-order valence-corrected chi connectivity index (χ0v) is 25.9. The van der Waals surface area contributed by atoms with Crippen molar-refractivity contribution in [3.63, 3.8) is 0 Å². The summed E-state index contributed by atoms with van der Waals surface area (Å²) in [6.07, 6.45) is 9.09. The Morgan fingerprint density at radius 3 is 1.87 bits per heavy atom. The number of nitrogens with zero attached hydrogens (tertiary/aromatic N) is 1. The van der Waals surface area contributed by atoms with Gasteiger partial charge in [0.25, 0.3) is 0 Å². The van der Waals surface area contributed by atoms with Crippen LogP contribution in [0.3, 0.4) is 0 Å². The van der Waals surface area contributed by atoms with Crippen molar-refractivity contribution in [2.45, 2.75) is 118 Å². The fraction of sp³-hybridized carbons (Fsp3) is 0.806. The second-order valence-corrected chi connectivity index (χ2v) is 15.1. The summed E-state index contributed by atoms with van der Waals surface area (Å²) >= 11 is 0. The molecule has 0 N–H and O–H groups in total. The minimum atomic E-state index is -3.96. The molecule has 0 aromatic carbocycles. The zero-order valence-electron chi connectivity index (χ0n) is 25.0. The van der Waals surface area contributed by atoms with E-state index in [2.05, 4.69) is 46.5 Å². The number of esters is 1. The Kier molecular flexibility index (Phi) is 11.5. The lowest BCUT2D eigenvalue weighted by molar-refractivity contribution is -0.148. The predicted molar refractivity (Wildman–Crippen MR) is 153 cm³/mol. The van der Waals surface area contributed by atoms with Gasteiger partial charge in [-0.25, -0.2) is 0 Å². The first-order chi connectivity index (χ1) is 17.9. The summed E-state index contributed by atoms with van der Waals surface area (Å²) < 4.78 is 34.5. The molecule has 0 radical (unpaired) electrons. The first-order valence-corrected chi connectivity index (χ1v) is 16.6. The number of aromatic nitrogens is 1. The molecule has 3 rings (SSSR count). The summed E-state index contributed by atoms with van der Waals surface area (Å²) in [4.78, 5) is 17.3. The molecule has 7 heteroatoms. The minimum Gasteiger partial charge on any atom is -0.444 e. The van der Waals surface area contributed by atoms with Gasteiger partial charge in [-0.1, -0.05) is 61.5 Å². The molecular weight excluding hydrogens is 497 g/mol. The molecule has 0 unspecified atom stereocenters. The van der Waals surface area contributed by atoms with Gasteiger partial charge in [0, 0.05) is 24.4 Å². The molecule has 0 spiro atoms. The molecule has 2 aliphatic carbocycles. The lowest BCUT2D eigenvalue weighted by Crippen LogP contribution is -2.35. The highest BCUT2D eigenvalue weighted by Gasteiger charge is 2.48. The van der Waals surface area contributed by atoms with Crippen LogP contribution in [-0.4, -0.2) is 23.2 Å². The molecule has 1 aromatic heterocycles. The second-order valence-electron chi connectivity index (χ2n) is 13.1. The van der Waals surface area contributed by atoms with Crippen molar-refractivity contribution in [2.75, 3.05) is 0 Å². The van der Waals surface area contributed by atoms with Crippen molar-refractivity contribution in [1.29, 1.82) is 0 Å². The molecule has 2 fully saturated rings. The van der Waals surface area contributed by atoms with Crippen LogP contribution < -0.4 is 0 Å². The van der Waals surface area contributed by atoms with Crippen LogP contribution in [0.25, 0.3) is 0 Å². The van der Waals surface area contributed by atoms with E-state index in [0.717, 1.165) is 38.5 Å². The highest BCUT2D eigenvalue weighted by molar-refractivity contribution is 7.54. The van der Waals surface area contributed by atoms with E-state index in [1.165, 1.54) is 0 Å². The molecule has 0 amide bonds. The van der Waals surface area contributed by atoms with Gasteiger partial charge in [0.05, 0.1) is 12.2 Å². The third kappa shape index (κ3) is 8.38. The summed E-state index contributed by atoms with van der Waals surface area (Å²) in [5, 5.41) is 0. The van der Waals surface area contributed by atoms with Crippen molar-refractivity contribution in [3.05, 3.63) is 30.1 Å². The van der Waals surface area contributed by atoms with Crippen LogP contribution in [0.15, 0.2) is 24.5 Å². The Balaban J connectivity index is 2.00. The molecule has 2 saturated carbocycles. The van der Waals surface area contributed by atoms with Crippen molar-refractivity contribution in [2.24, 2.45) is 41.4 Å².